The quantitative estimate of drug-likeness (QED) is 0.536. The molecule has 0 radical (unpaired) electrons. The topological polar surface area (TPSA) is 122 Å². The summed E-state index contributed by atoms with van der Waals surface area (Å²) in [6.45, 7) is -1.15. The Morgan fingerprint density at radius 2 is 1.73 bits per heavy atom. The molecule has 1 aliphatic rings. The Morgan fingerprint density at radius 1 is 1.03 bits per heavy atom. The first-order valence-corrected chi connectivity index (χ1v) is 9.09. The first-order chi connectivity index (χ1) is 14.4. The lowest BCUT2D eigenvalue weighted by Crippen LogP contribution is -2.45. The molecular formula is C21H19N3O6. The summed E-state index contributed by atoms with van der Waals surface area (Å²) >= 11 is 0. The lowest BCUT2D eigenvalue weighted by molar-refractivity contribution is -0.150. The normalized spacial score (nSPS) is 12.8. The molecule has 0 spiro atoms. The van der Waals surface area contributed by atoms with Crippen molar-refractivity contribution in [3.05, 3.63) is 65.2 Å². The van der Waals surface area contributed by atoms with E-state index in [0.717, 1.165) is 4.90 Å². The molecule has 9 nitrogen and oxygen atoms in total. The molecule has 0 aliphatic carbocycles. The van der Waals surface area contributed by atoms with Gasteiger partial charge in [0, 0.05) is 23.9 Å². The van der Waals surface area contributed by atoms with Gasteiger partial charge in [-0.1, -0.05) is 18.2 Å². The molecule has 0 aromatic heterocycles. The number of rotatable bonds is 6. The summed E-state index contributed by atoms with van der Waals surface area (Å²) in [5, 5.41) is 5.00. The van der Waals surface area contributed by atoms with E-state index in [4.69, 9.17) is 4.74 Å². The second-order valence-corrected chi connectivity index (χ2v) is 6.48. The Bertz CT molecular complexity index is 1020. The van der Waals surface area contributed by atoms with Gasteiger partial charge in [-0.25, -0.2) is 0 Å². The van der Waals surface area contributed by atoms with Crippen LogP contribution in [-0.4, -0.2) is 54.7 Å². The molecule has 4 amide bonds. The van der Waals surface area contributed by atoms with Crippen LogP contribution in [0.2, 0.25) is 0 Å². The van der Waals surface area contributed by atoms with Gasteiger partial charge in [-0.15, -0.1) is 0 Å². The molecule has 0 fully saturated rings. The SMILES string of the molecule is CNC(=O)c1ccc(NC(=O)COC(=O)CN2C(=O)Cc3ccccc3C2=O)cc1. The van der Waals surface area contributed by atoms with E-state index in [-0.39, 0.29) is 12.3 Å². The number of nitrogens with one attached hydrogen (secondary N) is 2. The first-order valence-electron chi connectivity index (χ1n) is 9.09. The van der Waals surface area contributed by atoms with Crippen molar-refractivity contribution in [1.82, 2.24) is 10.2 Å². The molecule has 0 unspecified atom stereocenters. The summed E-state index contributed by atoms with van der Waals surface area (Å²) in [4.78, 5) is 60.9. The maximum Gasteiger partial charge on any atom is 0.326 e. The number of benzene rings is 2. The smallest absolute Gasteiger partial charge is 0.326 e. The monoisotopic (exact) mass is 409 g/mol. The number of fused-ring (bicyclic) bond motifs is 1. The minimum absolute atomic E-state index is 0.0156. The molecule has 0 bridgehead atoms. The second kappa shape index (κ2) is 8.99. The van der Waals surface area contributed by atoms with Crippen LogP contribution >= 0.6 is 0 Å². The average molecular weight is 409 g/mol. The number of hydrogen-bond donors (Lipinski definition) is 2. The van der Waals surface area contributed by atoms with E-state index in [9.17, 15) is 24.0 Å². The Hall–Kier alpha value is -4.01. The minimum Gasteiger partial charge on any atom is -0.454 e. The molecular weight excluding hydrogens is 390 g/mol. The maximum atomic E-state index is 12.4. The third kappa shape index (κ3) is 4.69. The Kier molecular flexibility index (Phi) is 6.21. The predicted octanol–water partition coefficient (Wildman–Crippen LogP) is 0.753. The molecule has 1 aliphatic heterocycles. The van der Waals surface area contributed by atoms with Crippen molar-refractivity contribution < 1.29 is 28.7 Å². The largest absolute Gasteiger partial charge is 0.454 e. The van der Waals surface area contributed by atoms with Crippen LogP contribution in [0.15, 0.2) is 48.5 Å². The van der Waals surface area contributed by atoms with Crippen LogP contribution in [0.3, 0.4) is 0 Å². The molecule has 154 valence electrons. The summed E-state index contributed by atoms with van der Waals surface area (Å²) < 4.78 is 4.88. The Balaban J connectivity index is 1.51. The lowest BCUT2D eigenvalue weighted by Gasteiger charge is -2.25. The van der Waals surface area contributed by atoms with Crippen molar-refractivity contribution in [2.75, 3.05) is 25.5 Å². The van der Waals surface area contributed by atoms with Crippen LogP contribution in [-0.2, 0) is 25.5 Å². The first kappa shape index (κ1) is 20.7. The number of ether oxygens (including phenoxy) is 1. The van der Waals surface area contributed by atoms with Gasteiger partial charge in [0.1, 0.15) is 6.54 Å². The van der Waals surface area contributed by atoms with E-state index in [0.29, 0.717) is 22.4 Å². The fourth-order valence-corrected chi connectivity index (χ4v) is 2.93. The fraction of sp³-hybridized carbons (Fsp3) is 0.190. The minimum atomic E-state index is -0.874. The summed E-state index contributed by atoms with van der Waals surface area (Å²) in [5.74, 6) is -2.80. The van der Waals surface area contributed by atoms with Crippen molar-refractivity contribution >= 4 is 35.3 Å². The Morgan fingerprint density at radius 3 is 2.43 bits per heavy atom. The van der Waals surface area contributed by atoms with Crippen LogP contribution in [0.5, 0.6) is 0 Å². The van der Waals surface area contributed by atoms with Gasteiger partial charge in [0.2, 0.25) is 5.91 Å². The molecule has 2 aromatic carbocycles. The van der Waals surface area contributed by atoms with E-state index in [1.165, 1.54) is 31.3 Å². The third-order valence-electron chi connectivity index (χ3n) is 4.45. The number of esters is 1. The maximum absolute atomic E-state index is 12.4. The number of carbonyl (C=O) groups is 5. The number of imide groups is 1. The van der Waals surface area contributed by atoms with E-state index < -0.39 is 36.8 Å². The van der Waals surface area contributed by atoms with Crippen LogP contribution in [0.25, 0.3) is 0 Å². The zero-order chi connectivity index (χ0) is 21.7. The summed E-state index contributed by atoms with van der Waals surface area (Å²) in [6.07, 6.45) is 0.0156. The summed E-state index contributed by atoms with van der Waals surface area (Å²) in [5.41, 5.74) is 1.82. The van der Waals surface area contributed by atoms with E-state index in [1.54, 1.807) is 24.3 Å². The number of carbonyl (C=O) groups excluding carboxylic acids is 5. The van der Waals surface area contributed by atoms with Crippen molar-refractivity contribution in [2.24, 2.45) is 0 Å². The van der Waals surface area contributed by atoms with E-state index >= 15 is 0 Å². The van der Waals surface area contributed by atoms with E-state index in [1.807, 2.05) is 0 Å². The van der Waals surface area contributed by atoms with E-state index in [2.05, 4.69) is 10.6 Å². The average Bonchev–Trinajstić information content (AvgIpc) is 2.75. The van der Waals surface area contributed by atoms with Gasteiger partial charge in [0.15, 0.2) is 6.61 Å². The number of amides is 4. The van der Waals surface area contributed by atoms with Gasteiger partial charge in [-0.3, -0.25) is 28.9 Å². The highest BCUT2D eigenvalue weighted by Gasteiger charge is 2.32. The van der Waals surface area contributed by atoms with Crippen LogP contribution < -0.4 is 10.6 Å². The third-order valence-corrected chi connectivity index (χ3v) is 4.45. The van der Waals surface area contributed by atoms with Gasteiger partial charge >= 0.3 is 5.97 Å². The number of nitrogens with zero attached hydrogens (tertiary/aromatic N) is 1. The highest BCUT2D eigenvalue weighted by atomic mass is 16.5. The van der Waals surface area contributed by atoms with Crippen LogP contribution in [0.4, 0.5) is 5.69 Å². The molecule has 0 atom stereocenters. The standard InChI is InChI=1S/C21H19N3O6/c1-22-20(28)13-6-8-15(9-7-13)23-17(25)12-30-19(27)11-24-18(26)10-14-4-2-3-5-16(14)21(24)29/h2-9H,10-12H2,1H3,(H,22,28)(H,23,25). The van der Waals surface area contributed by atoms with Gasteiger partial charge in [0.25, 0.3) is 17.7 Å². The molecule has 9 heteroatoms. The molecule has 0 saturated carbocycles. The summed E-state index contributed by atoms with van der Waals surface area (Å²) in [6, 6.07) is 12.8. The second-order valence-electron chi connectivity index (χ2n) is 6.48. The number of anilines is 1. The summed E-state index contributed by atoms with van der Waals surface area (Å²) in [7, 11) is 1.51. The molecule has 2 N–H and O–H groups in total. The molecule has 30 heavy (non-hydrogen) atoms. The Labute approximate surface area is 172 Å². The fourth-order valence-electron chi connectivity index (χ4n) is 2.93. The zero-order valence-electron chi connectivity index (χ0n) is 16.1. The van der Waals surface area contributed by atoms with Gasteiger partial charge in [-0.05, 0) is 35.9 Å². The molecule has 2 aromatic rings. The van der Waals surface area contributed by atoms with Crippen molar-refractivity contribution in [1.29, 1.82) is 0 Å². The van der Waals surface area contributed by atoms with Gasteiger partial charge in [0.05, 0.1) is 6.42 Å². The molecule has 1 heterocycles. The zero-order valence-corrected chi connectivity index (χ0v) is 16.1. The predicted molar refractivity (Wildman–Crippen MR) is 106 cm³/mol. The van der Waals surface area contributed by atoms with Crippen LogP contribution in [0, 0.1) is 0 Å². The van der Waals surface area contributed by atoms with Gasteiger partial charge < -0.3 is 15.4 Å². The lowest BCUT2D eigenvalue weighted by atomic mass is 9.98. The highest BCUT2D eigenvalue weighted by molar-refractivity contribution is 6.11. The highest BCUT2D eigenvalue weighted by Crippen LogP contribution is 2.19. The van der Waals surface area contributed by atoms with Crippen molar-refractivity contribution in [2.45, 2.75) is 6.42 Å². The van der Waals surface area contributed by atoms with Crippen molar-refractivity contribution in [3.63, 3.8) is 0 Å². The van der Waals surface area contributed by atoms with Crippen molar-refractivity contribution in [3.8, 4) is 0 Å². The van der Waals surface area contributed by atoms with Crippen LogP contribution in [0.1, 0.15) is 26.3 Å². The van der Waals surface area contributed by atoms with Gasteiger partial charge in [-0.2, -0.15) is 0 Å². The number of hydrogen-bond acceptors (Lipinski definition) is 6. The molecule has 3 rings (SSSR count). The molecule has 0 saturated heterocycles.